The van der Waals surface area contributed by atoms with Gasteiger partial charge in [-0.2, -0.15) is 73.1 Å². The molecule has 8 amide bonds. The summed E-state index contributed by atoms with van der Waals surface area (Å²) in [5.74, 6) is -23.4. The number of phenols is 4. The average Bonchev–Trinajstić information content (AvgIpc) is 0.763. The number of carbonyl (C=O) groups is 8. The van der Waals surface area contributed by atoms with Gasteiger partial charge >= 0.3 is 48.3 Å². The highest BCUT2D eigenvalue weighted by atomic mass is 19.4. The summed E-state index contributed by atoms with van der Waals surface area (Å²) in [6, 6.07) is 23.5. The van der Waals surface area contributed by atoms with Crippen molar-refractivity contribution in [2.45, 2.75) is 74.6 Å². The van der Waals surface area contributed by atoms with Crippen molar-refractivity contribution in [1.29, 1.82) is 0 Å². The van der Waals surface area contributed by atoms with Crippen LogP contribution in [0.3, 0.4) is 0 Å². The number of rotatable bonds is 8. The molecule has 108 heavy (non-hydrogen) atoms. The third-order valence-corrected chi connectivity index (χ3v) is 17.7. The standard InChI is InChI=1S/C72H48F12N12O12/c73-69(74,75)65(105)93-49(61(101)85-57(89-93)33-13-5-1-6-14-33)37-21-41-29-43-23-38(50-62(102)86-58(34-15-7-2-8-16-34)90-94(50)66(106)70(76,77)78)25-45(54(43)98)31-47-27-40(52-64(104)88-60(36-19-11-4-12-20-36)92-96(52)68(108)72(82,83)84)28-48(56(47)100)32-46-26-39(24-44(55(46)99)30-42(22-37)53(41)97)51-63(103)87-59(35-17-9-3-10-18-35)91-95(51)67(107)71(79,80)81/h1-28,49-52,97-100H,29-32H2,(H,85,89,101)(H,86,90,102)(H,87,91,103)(H,88,92,104). The van der Waals surface area contributed by atoms with Gasteiger partial charge < -0.3 is 41.7 Å². The van der Waals surface area contributed by atoms with Gasteiger partial charge in [0.25, 0.3) is 23.6 Å². The van der Waals surface area contributed by atoms with Crippen molar-refractivity contribution in [1.82, 2.24) is 41.3 Å². The third kappa shape index (κ3) is 14.1. The highest BCUT2D eigenvalue weighted by molar-refractivity contribution is 6.15. The van der Waals surface area contributed by atoms with Gasteiger partial charge in [-0.05, 0) is 115 Å². The van der Waals surface area contributed by atoms with Gasteiger partial charge in [-0.15, -0.1) is 0 Å². The van der Waals surface area contributed by atoms with Gasteiger partial charge in [0, 0.05) is 47.9 Å². The second-order valence-electron chi connectivity index (χ2n) is 24.9. The van der Waals surface area contributed by atoms with Crippen molar-refractivity contribution in [2.75, 3.05) is 0 Å². The van der Waals surface area contributed by atoms with Crippen molar-refractivity contribution >= 4 is 70.6 Å². The Hall–Kier alpha value is -13.4. The van der Waals surface area contributed by atoms with Crippen molar-refractivity contribution in [2.24, 2.45) is 20.4 Å². The number of hydrogen-bond acceptors (Lipinski definition) is 16. The monoisotopic (exact) mass is 1500 g/mol. The first kappa shape index (κ1) is 72.9. The molecule has 552 valence electrons. The Morgan fingerprint density at radius 1 is 0.296 bits per heavy atom. The average molecular weight is 1500 g/mol. The van der Waals surface area contributed by atoms with E-state index in [9.17, 15) is 111 Å². The first-order valence-corrected chi connectivity index (χ1v) is 31.8. The van der Waals surface area contributed by atoms with Gasteiger partial charge in [-0.25, -0.2) is 20.0 Å². The summed E-state index contributed by atoms with van der Waals surface area (Å²) in [7, 11) is 0. The Bertz CT molecular complexity index is 4500. The highest BCUT2D eigenvalue weighted by Crippen LogP contribution is 2.46. The fourth-order valence-corrected chi connectivity index (χ4v) is 12.9. The molecule has 8 bridgehead atoms. The summed E-state index contributed by atoms with van der Waals surface area (Å²) in [5, 5.41) is 74.8. The van der Waals surface area contributed by atoms with Crippen LogP contribution in [0, 0.1) is 0 Å². The lowest BCUT2D eigenvalue weighted by molar-refractivity contribution is -0.189. The molecule has 36 heteroatoms. The maximum absolute atomic E-state index is 14.9. The first-order chi connectivity index (χ1) is 51.0. The van der Waals surface area contributed by atoms with E-state index in [1.807, 2.05) is 0 Å². The molecule has 4 unspecified atom stereocenters. The van der Waals surface area contributed by atoms with E-state index >= 15 is 0 Å². The van der Waals surface area contributed by atoms with Crippen LogP contribution in [-0.4, -0.2) is 136 Å². The van der Waals surface area contributed by atoms with Crippen LogP contribution in [0.25, 0.3) is 0 Å². The molecule has 0 saturated carbocycles. The molecular weight excluding hydrogens is 1450 g/mol. The molecule has 0 aromatic heterocycles. The highest BCUT2D eigenvalue weighted by Gasteiger charge is 2.54. The van der Waals surface area contributed by atoms with Crippen LogP contribution in [0.2, 0.25) is 0 Å². The summed E-state index contributed by atoms with van der Waals surface area (Å²) in [6.07, 6.45) is -27.8. The molecule has 8 aromatic rings. The molecule has 13 rings (SSSR count). The van der Waals surface area contributed by atoms with Gasteiger partial charge in [0.15, 0.2) is 47.5 Å². The topological polar surface area (TPSA) is 328 Å². The molecule has 4 atom stereocenters. The van der Waals surface area contributed by atoms with Gasteiger partial charge in [-0.3, -0.25) is 38.4 Å². The number of fused-ring (bicyclic) bond motifs is 8. The van der Waals surface area contributed by atoms with E-state index in [2.05, 4.69) is 41.7 Å². The van der Waals surface area contributed by atoms with Crippen molar-refractivity contribution in [3.63, 3.8) is 0 Å². The molecule has 4 heterocycles. The first-order valence-electron chi connectivity index (χ1n) is 31.8. The van der Waals surface area contributed by atoms with E-state index in [4.69, 9.17) is 0 Å². The number of amidine groups is 4. The molecule has 5 aliphatic rings. The summed E-state index contributed by atoms with van der Waals surface area (Å²) in [4.78, 5) is 114. The van der Waals surface area contributed by atoms with E-state index < -0.39 is 235 Å². The zero-order valence-corrected chi connectivity index (χ0v) is 54.5. The Balaban J connectivity index is 1.09. The number of hydrazone groups is 4. The lowest BCUT2D eigenvalue weighted by atomic mass is 9.86. The van der Waals surface area contributed by atoms with Crippen LogP contribution in [0.1, 0.15) is 113 Å². The molecule has 0 radical (unpaired) electrons. The van der Waals surface area contributed by atoms with E-state index in [1.165, 1.54) is 121 Å². The number of hydrogen-bond donors (Lipinski definition) is 8. The lowest BCUT2D eigenvalue weighted by Gasteiger charge is -2.33. The van der Waals surface area contributed by atoms with Gasteiger partial charge in [0.1, 0.15) is 23.0 Å². The normalized spacial score (nSPS) is 18.5. The largest absolute Gasteiger partial charge is 0.507 e. The Morgan fingerprint density at radius 2 is 0.454 bits per heavy atom. The van der Waals surface area contributed by atoms with Gasteiger partial charge in [-0.1, -0.05) is 121 Å². The summed E-state index contributed by atoms with van der Waals surface area (Å²) in [5.41, 5.74) is -8.35. The summed E-state index contributed by atoms with van der Waals surface area (Å²) < 4.78 is 179. The van der Waals surface area contributed by atoms with Crippen molar-refractivity contribution < 1.29 is 111 Å². The zero-order chi connectivity index (χ0) is 77.4. The number of benzene rings is 8. The van der Waals surface area contributed by atoms with E-state index in [1.54, 1.807) is 0 Å². The Morgan fingerprint density at radius 3 is 0.602 bits per heavy atom. The minimum atomic E-state index is -5.84. The molecule has 8 N–H and O–H groups in total. The van der Waals surface area contributed by atoms with Crippen LogP contribution < -0.4 is 21.3 Å². The number of nitrogens with zero attached hydrogens (tertiary/aromatic N) is 8. The van der Waals surface area contributed by atoms with Crippen molar-refractivity contribution in [3.05, 3.63) is 259 Å². The van der Waals surface area contributed by atoms with Crippen LogP contribution in [0.15, 0.2) is 190 Å². The van der Waals surface area contributed by atoms with E-state index in [0.717, 1.165) is 48.5 Å². The molecule has 4 aliphatic heterocycles. The molecule has 24 nitrogen and oxygen atoms in total. The second-order valence-corrected chi connectivity index (χ2v) is 24.9. The molecule has 1 aliphatic carbocycles. The third-order valence-electron chi connectivity index (χ3n) is 17.7. The number of amides is 8. The molecular formula is C72H48F12N12O12. The molecule has 0 saturated heterocycles. The number of carbonyl (C=O) groups excluding carboxylic acids is 8. The smallest absolute Gasteiger partial charge is 0.473 e. The second kappa shape index (κ2) is 27.6. The number of phenolic OH excluding ortho intramolecular Hbond substituents is 4. The van der Waals surface area contributed by atoms with E-state index in [0.29, 0.717) is 0 Å². The minimum absolute atomic E-state index is 0.0459. The number of alkyl halides is 12. The number of aromatic hydroxyl groups is 4. The predicted molar refractivity (Wildman–Crippen MR) is 351 cm³/mol. The quantitative estimate of drug-likeness (QED) is 0.0661. The van der Waals surface area contributed by atoms with Crippen LogP contribution in [0.4, 0.5) is 52.7 Å². The zero-order valence-electron chi connectivity index (χ0n) is 54.5. The van der Waals surface area contributed by atoms with Gasteiger partial charge in [0.05, 0.1) is 0 Å². The maximum Gasteiger partial charge on any atom is 0.473 e. The minimum Gasteiger partial charge on any atom is -0.507 e. The van der Waals surface area contributed by atoms with Crippen LogP contribution in [0.5, 0.6) is 23.0 Å². The number of halogens is 12. The fraction of sp³-hybridized carbons (Fsp3) is 0.167. The lowest BCUT2D eigenvalue weighted by Crippen LogP contribution is -2.52. The number of nitrogens with one attached hydrogen (secondary N) is 4. The van der Waals surface area contributed by atoms with Crippen LogP contribution in [-0.2, 0) is 64.0 Å². The van der Waals surface area contributed by atoms with Crippen LogP contribution >= 0.6 is 0 Å². The Labute approximate surface area is 598 Å². The molecule has 0 spiro atoms. The summed E-state index contributed by atoms with van der Waals surface area (Å²) in [6.45, 7) is 0. The van der Waals surface area contributed by atoms with Gasteiger partial charge in [0.2, 0.25) is 0 Å². The van der Waals surface area contributed by atoms with Crippen molar-refractivity contribution in [3.8, 4) is 23.0 Å². The maximum atomic E-state index is 14.9. The molecule has 8 aromatic carbocycles. The Kier molecular flexibility index (Phi) is 18.6. The SMILES string of the molecule is O=C1NC(c2ccccc2)=NN(C(=O)C(F)(F)F)C1c1cc2c(O)c(c1)Cc1cc(C3C(=O)NC(c4ccccc4)=NN3C(=O)C(F)(F)F)cc(c1O)Cc1cc(C3C(=O)NC(c4ccccc4)=NN3C(=O)C(F)(F)F)cc(c1O)Cc1cc(C3C(=O)NC(c4ccccc4)=NN3C(=O)C(F)(F)F)cc(c1O)C2. The molecule has 0 fully saturated rings. The summed E-state index contributed by atoms with van der Waals surface area (Å²) >= 11 is 0. The fourth-order valence-electron chi connectivity index (χ4n) is 12.9. The van der Waals surface area contributed by atoms with E-state index in [-0.39, 0.29) is 42.3 Å². The predicted octanol–water partition coefficient (Wildman–Crippen LogP) is 8.88.